The van der Waals surface area contributed by atoms with Crippen molar-refractivity contribution in [2.75, 3.05) is 18.4 Å². The van der Waals surface area contributed by atoms with Gasteiger partial charge in [-0.25, -0.2) is 0 Å². The number of nitrogens with one attached hydrogen (secondary N) is 2. The molecular weight excluding hydrogens is 266 g/mol. The van der Waals surface area contributed by atoms with Crippen LogP contribution >= 0.6 is 11.3 Å². The molecule has 0 unspecified atom stereocenters. The number of hydrogen-bond donors (Lipinski definition) is 3. The van der Waals surface area contributed by atoms with Gasteiger partial charge in [0.2, 0.25) is 5.91 Å². The molecule has 102 valence electrons. The molecule has 0 aliphatic heterocycles. The standard InChI is InChI=1S/C12H15N3O3S/c1-7-8(2)19-12(9(7)5-13)15-10(16)6-14-4-3-11(17)18/h14H,3-4,6H2,1-2H3,(H,15,16)(H,17,18). The minimum atomic E-state index is -0.913. The topological polar surface area (TPSA) is 102 Å². The summed E-state index contributed by atoms with van der Waals surface area (Å²) in [5.74, 6) is -1.20. The van der Waals surface area contributed by atoms with Crippen LogP contribution in [0, 0.1) is 25.2 Å². The molecule has 1 rings (SSSR count). The molecule has 1 amide bonds. The summed E-state index contributed by atoms with van der Waals surface area (Å²) in [4.78, 5) is 22.9. The minimum absolute atomic E-state index is 0.0220. The molecule has 6 nitrogen and oxygen atoms in total. The van der Waals surface area contributed by atoms with Gasteiger partial charge in [-0.1, -0.05) is 0 Å². The average Bonchev–Trinajstić information content (AvgIpc) is 2.60. The van der Waals surface area contributed by atoms with E-state index in [1.54, 1.807) is 0 Å². The van der Waals surface area contributed by atoms with Gasteiger partial charge in [0.15, 0.2) is 0 Å². The summed E-state index contributed by atoms with van der Waals surface area (Å²) in [6.07, 6.45) is -0.0338. The van der Waals surface area contributed by atoms with Gasteiger partial charge in [0, 0.05) is 11.4 Å². The summed E-state index contributed by atoms with van der Waals surface area (Å²) in [5, 5.41) is 23.4. The van der Waals surface area contributed by atoms with Crippen LogP contribution in [0.25, 0.3) is 0 Å². The number of aliphatic carboxylic acids is 1. The zero-order valence-electron chi connectivity index (χ0n) is 10.7. The number of anilines is 1. The van der Waals surface area contributed by atoms with E-state index in [4.69, 9.17) is 10.4 Å². The van der Waals surface area contributed by atoms with E-state index in [-0.39, 0.29) is 25.4 Å². The van der Waals surface area contributed by atoms with Crippen molar-refractivity contribution in [3.8, 4) is 6.07 Å². The molecule has 1 aromatic heterocycles. The fourth-order valence-corrected chi connectivity index (χ4v) is 2.44. The largest absolute Gasteiger partial charge is 0.481 e. The molecule has 19 heavy (non-hydrogen) atoms. The summed E-state index contributed by atoms with van der Waals surface area (Å²) < 4.78 is 0. The van der Waals surface area contributed by atoms with Crippen molar-refractivity contribution < 1.29 is 14.7 Å². The third kappa shape index (κ3) is 4.35. The van der Waals surface area contributed by atoms with E-state index in [0.717, 1.165) is 10.4 Å². The molecule has 0 aliphatic carbocycles. The lowest BCUT2D eigenvalue weighted by atomic mass is 10.2. The quantitative estimate of drug-likeness (QED) is 0.681. The molecule has 0 bridgehead atoms. The Bertz CT molecular complexity index is 531. The predicted octanol–water partition coefficient (Wildman–Crippen LogP) is 1.24. The van der Waals surface area contributed by atoms with Crippen LogP contribution in [0.5, 0.6) is 0 Å². The number of aryl methyl sites for hydroxylation is 1. The van der Waals surface area contributed by atoms with Gasteiger partial charge in [-0.15, -0.1) is 11.3 Å². The molecule has 1 heterocycles. The van der Waals surface area contributed by atoms with Gasteiger partial charge in [-0.3, -0.25) is 9.59 Å². The first-order chi connectivity index (χ1) is 8.95. The highest BCUT2D eigenvalue weighted by molar-refractivity contribution is 7.16. The zero-order valence-corrected chi connectivity index (χ0v) is 11.6. The van der Waals surface area contributed by atoms with Crippen LogP contribution in [-0.2, 0) is 9.59 Å². The molecule has 0 radical (unpaired) electrons. The number of rotatable bonds is 6. The first-order valence-corrected chi connectivity index (χ1v) is 6.49. The second-order valence-electron chi connectivity index (χ2n) is 3.97. The Morgan fingerprint density at radius 3 is 2.68 bits per heavy atom. The van der Waals surface area contributed by atoms with Gasteiger partial charge in [0.1, 0.15) is 11.1 Å². The molecule has 0 atom stereocenters. The molecule has 0 saturated heterocycles. The number of carboxylic acid groups (broad SMARTS) is 1. The van der Waals surface area contributed by atoms with Crippen LogP contribution in [0.1, 0.15) is 22.4 Å². The van der Waals surface area contributed by atoms with Gasteiger partial charge in [0.25, 0.3) is 0 Å². The Morgan fingerprint density at radius 1 is 1.42 bits per heavy atom. The van der Waals surface area contributed by atoms with Gasteiger partial charge < -0.3 is 15.7 Å². The van der Waals surface area contributed by atoms with Gasteiger partial charge in [0.05, 0.1) is 18.5 Å². The number of carbonyl (C=O) groups excluding carboxylic acids is 1. The number of nitrogens with zero attached hydrogens (tertiary/aromatic N) is 1. The fraction of sp³-hybridized carbons (Fsp3) is 0.417. The fourth-order valence-electron chi connectivity index (χ4n) is 1.42. The Morgan fingerprint density at radius 2 is 2.11 bits per heavy atom. The second kappa shape index (κ2) is 6.87. The van der Waals surface area contributed by atoms with Gasteiger partial charge in [-0.2, -0.15) is 5.26 Å². The van der Waals surface area contributed by atoms with E-state index in [0.29, 0.717) is 10.6 Å². The summed E-state index contributed by atoms with van der Waals surface area (Å²) in [6.45, 7) is 3.98. The van der Waals surface area contributed by atoms with E-state index in [2.05, 4.69) is 16.7 Å². The average molecular weight is 281 g/mol. The SMILES string of the molecule is Cc1sc(NC(=O)CNCCC(=O)O)c(C#N)c1C. The lowest BCUT2D eigenvalue weighted by Crippen LogP contribution is -2.29. The Labute approximate surface area is 115 Å². The molecule has 0 aromatic carbocycles. The normalized spacial score (nSPS) is 9.95. The number of amides is 1. The van der Waals surface area contributed by atoms with Crippen molar-refractivity contribution in [2.45, 2.75) is 20.3 Å². The molecule has 0 fully saturated rings. The van der Waals surface area contributed by atoms with Gasteiger partial charge >= 0.3 is 5.97 Å². The molecule has 3 N–H and O–H groups in total. The monoisotopic (exact) mass is 281 g/mol. The van der Waals surface area contributed by atoms with Crippen LogP contribution in [0.15, 0.2) is 0 Å². The lowest BCUT2D eigenvalue weighted by molar-refractivity contribution is -0.137. The first-order valence-electron chi connectivity index (χ1n) is 5.68. The predicted molar refractivity (Wildman–Crippen MR) is 72.3 cm³/mol. The second-order valence-corrected chi connectivity index (χ2v) is 5.19. The Hall–Kier alpha value is -1.91. The van der Waals surface area contributed by atoms with E-state index in [1.165, 1.54) is 11.3 Å². The van der Waals surface area contributed by atoms with E-state index in [1.807, 2.05) is 13.8 Å². The molecule has 0 spiro atoms. The summed E-state index contributed by atoms with van der Waals surface area (Å²) >= 11 is 1.36. The third-order valence-electron chi connectivity index (χ3n) is 2.55. The van der Waals surface area contributed by atoms with Crippen LogP contribution in [0.4, 0.5) is 5.00 Å². The van der Waals surface area contributed by atoms with Crippen molar-refractivity contribution in [1.29, 1.82) is 5.26 Å². The van der Waals surface area contributed by atoms with Crippen molar-refractivity contribution in [3.63, 3.8) is 0 Å². The smallest absolute Gasteiger partial charge is 0.304 e. The maximum Gasteiger partial charge on any atom is 0.304 e. The minimum Gasteiger partial charge on any atom is -0.481 e. The Balaban J connectivity index is 2.51. The molecule has 0 aliphatic rings. The Kier molecular flexibility index (Phi) is 5.48. The first kappa shape index (κ1) is 15.1. The number of carbonyl (C=O) groups is 2. The van der Waals surface area contributed by atoms with Crippen molar-refractivity contribution in [1.82, 2.24) is 5.32 Å². The molecule has 1 aromatic rings. The van der Waals surface area contributed by atoms with E-state index < -0.39 is 5.97 Å². The van der Waals surface area contributed by atoms with E-state index in [9.17, 15) is 9.59 Å². The van der Waals surface area contributed by atoms with Crippen LogP contribution in [0.3, 0.4) is 0 Å². The third-order valence-corrected chi connectivity index (χ3v) is 3.67. The van der Waals surface area contributed by atoms with Crippen molar-refractivity contribution in [3.05, 3.63) is 16.0 Å². The lowest BCUT2D eigenvalue weighted by Gasteiger charge is -2.04. The molecule has 7 heteroatoms. The maximum atomic E-state index is 11.6. The molecule has 0 saturated carbocycles. The van der Waals surface area contributed by atoms with E-state index >= 15 is 0 Å². The number of hydrogen-bond acceptors (Lipinski definition) is 5. The summed E-state index contributed by atoms with van der Waals surface area (Å²) in [5.41, 5.74) is 1.36. The zero-order chi connectivity index (χ0) is 14.4. The van der Waals surface area contributed by atoms with Crippen molar-refractivity contribution in [2.24, 2.45) is 0 Å². The van der Waals surface area contributed by atoms with Crippen LogP contribution in [0.2, 0.25) is 0 Å². The highest BCUT2D eigenvalue weighted by Crippen LogP contribution is 2.31. The highest BCUT2D eigenvalue weighted by atomic mass is 32.1. The van der Waals surface area contributed by atoms with Crippen LogP contribution in [-0.4, -0.2) is 30.1 Å². The van der Waals surface area contributed by atoms with Gasteiger partial charge in [-0.05, 0) is 19.4 Å². The summed E-state index contributed by atoms with van der Waals surface area (Å²) in [6, 6.07) is 2.07. The number of carboxylic acids is 1. The molecular formula is C12H15N3O3S. The number of thiophene rings is 1. The van der Waals surface area contributed by atoms with Crippen LogP contribution < -0.4 is 10.6 Å². The maximum absolute atomic E-state index is 11.6. The highest BCUT2D eigenvalue weighted by Gasteiger charge is 2.14. The number of nitriles is 1. The summed E-state index contributed by atoms with van der Waals surface area (Å²) in [7, 11) is 0. The van der Waals surface area contributed by atoms with Crippen molar-refractivity contribution >= 4 is 28.2 Å².